The summed E-state index contributed by atoms with van der Waals surface area (Å²) in [5.41, 5.74) is 4.59. The van der Waals surface area contributed by atoms with Gasteiger partial charge in [0.15, 0.2) is 12.8 Å². The highest BCUT2D eigenvalue weighted by molar-refractivity contribution is 7.47. The molecule has 0 bridgehead atoms. The lowest BCUT2D eigenvalue weighted by Gasteiger charge is -2.17. The van der Waals surface area contributed by atoms with Crippen LogP contribution in [0.15, 0.2) is 17.1 Å². The molecule has 0 aliphatic carbocycles. The monoisotopic (exact) mass is 566 g/mol. The molecule has 4 atom stereocenters. The Morgan fingerprint density at radius 2 is 2.00 bits per heavy atom. The molecule has 1 aromatic heterocycles. The topological polar surface area (TPSA) is 191 Å². The fourth-order valence-electron chi connectivity index (χ4n) is 3.47. The SMILES string of the molecule is CCCCCCCNCCC(=O)OCC(=O)OCOP(=O)(O)OC[C@@H]1C[C@H](F)[C@H](n2ccc(N)nc2=O)O1. The number of hydrogen-bond donors (Lipinski definition) is 3. The maximum absolute atomic E-state index is 14.3. The van der Waals surface area contributed by atoms with Crippen LogP contribution >= 0.6 is 7.82 Å². The first kappa shape index (κ1) is 31.8. The molecule has 0 radical (unpaired) electrons. The number of unbranched alkanes of at least 4 members (excludes halogenated alkanes) is 4. The van der Waals surface area contributed by atoms with E-state index >= 15 is 0 Å². The molecular weight excluding hydrogens is 530 g/mol. The molecule has 4 N–H and O–H groups in total. The van der Waals surface area contributed by atoms with Crippen LogP contribution in [0.3, 0.4) is 0 Å². The Morgan fingerprint density at radius 1 is 1.24 bits per heavy atom. The molecule has 1 aliphatic heterocycles. The van der Waals surface area contributed by atoms with Crippen LogP contribution in [0.25, 0.3) is 0 Å². The van der Waals surface area contributed by atoms with Crippen LogP contribution in [-0.4, -0.2) is 71.8 Å². The van der Waals surface area contributed by atoms with Gasteiger partial charge in [-0.1, -0.05) is 32.6 Å². The van der Waals surface area contributed by atoms with Crippen molar-refractivity contribution >= 4 is 25.6 Å². The van der Waals surface area contributed by atoms with Crippen LogP contribution in [0, 0.1) is 0 Å². The third-order valence-electron chi connectivity index (χ3n) is 5.43. The minimum atomic E-state index is -4.69. The smallest absolute Gasteiger partial charge is 0.454 e. The summed E-state index contributed by atoms with van der Waals surface area (Å²) in [5, 5.41) is 3.12. The Morgan fingerprint density at radius 3 is 2.74 bits per heavy atom. The van der Waals surface area contributed by atoms with Crippen molar-refractivity contribution in [2.24, 2.45) is 0 Å². The number of nitrogens with zero attached hydrogens (tertiary/aromatic N) is 2. The van der Waals surface area contributed by atoms with Crippen molar-refractivity contribution in [3.8, 4) is 0 Å². The van der Waals surface area contributed by atoms with E-state index in [1.165, 1.54) is 31.5 Å². The second-order valence-electron chi connectivity index (χ2n) is 8.55. The van der Waals surface area contributed by atoms with Gasteiger partial charge in [-0.2, -0.15) is 4.98 Å². The van der Waals surface area contributed by atoms with E-state index in [0.717, 1.165) is 24.0 Å². The second kappa shape index (κ2) is 16.5. The fourth-order valence-corrected chi connectivity index (χ4v) is 4.08. The molecule has 0 amide bonds. The summed E-state index contributed by atoms with van der Waals surface area (Å²) in [6.07, 6.45) is 2.91. The number of ether oxygens (including phenoxy) is 3. The van der Waals surface area contributed by atoms with Gasteiger partial charge in [-0.3, -0.25) is 13.9 Å². The highest BCUT2D eigenvalue weighted by atomic mass is 31.2. The van der Waals surface area contributed by atoms with Crippen molar-refractivity contribution in [3.63, 3.8) is 0 Å². The largest absolute Gasteiger partial charge is 0.475 e. The summed E-state index contributed by atoms with van der Waals surface area (Å²) in [6.45, 7) is 1.17. The summed E-state index contributed by atoms with van der Waals surface area (Å²) >= 11 is 0. The molecule has 0 spiro atoms. The lowest BCUT2D eigenvalue weighted by Crippen LogP contribution is -2.30. The van der Waals surface area contributed by atoms with Gasteiger partial charge in [0.1, 0.15) is 12.0 Å². The van der Waals surface area contributed by atoms with Crippen molar-refractivity contribution in [2.75, 3.05) is 38.8 Å². The molecule has 38 heavy (non-hydrogen) atoms. The minimum absolute atomic E-state index is 0.0344. The molecule has 1 unspecified atom stereocenters. The first-order valence-corrected chi connectivity index (χ1v) is 13.9. The first-order chi connectivity index (χ1) is 18.1. The summed E-state index contributed by atoms with van der Waals surface area (Å²) in [6, 6.07) is 1.30. The molecule has 1 aliphatic rings. The number of aromatic nitrogens is 2. The number of hydrogen-bond acceptors (Lipinski definition) is 12. The molecular formula is C22H36FN4O10P. The van der Waals surface area contributed by atoms with Gasteiger partial charge in [0.25, 0.3) is 0 Å². The van der Waals surface area contributed by atoms with Crippen LogP contribution in [0.4, 0.5) is 10.2 Å². The zero-order chi connectivity index (χ0) is 28.0. The summed E-state index contributed by atoms with van der Waals surface area (Å²) in [7, 11) is -4.69. The second-order valence-corrected chi connectivity index (χ2v) is 10.00. The van der Waals surface area contributed by atoms with Crippen LogP contribution in [-0.2, 0) is 37.4 Å². The molecule has 1 aromatic rings. The van der Waals surface area contributed by atoms with Gasteiger partial charge >= 0.3 is 25.5 Å². The average molecular weight is 567 g/mol. The van der Waals surface area contributed by atoms with Crippen LogP contribution < -0.4 is 16.7 Å². The van der Waals surface area contributed by atoms with Crippen molar-refractivity contribution in [2.45, 2.75) is 70.4 Å². The molecule has 16 heteroatoms. The predicted octanol–water partition coefficient (Wildman–Crippen LogP) is 1.58. The van der Waals surface area contributed by atoms with Gasteiger partial charge in [-0.05, 0) is 19.0 Å². The van der Waals surface area contributed by atoms with E-state index in [2.05, 4.69) is 26.5 Å². The number of phosphoric acid groups is 1. The molecule has 216 valence electrons. The number of rotatable bonds is 18. The Kier molecular flexibility index (Phi) is 13.8. The molecule has 2 heterocycles. The predicted molar refractivity (Wildman–Crippen MR) is 131 cm³/mol. The molecule has 1 saturated heterocycles. The van der Waals surface area contributed by atoms with Gasteiger partial charge < -0.3 is 30.2 Å². The zero-order valence-corrected chi connectivity index (χ0v) is 22.2. The number of anilines is 1. The number of halogens is 1. The first-order valence-electron chi connectivity index (χ1n) is 12.4. The fraction of sp³-hybridized carbons (Fsp3) is 0.727. The van der Waals surface area contributed by atoms with E-state index in [1.54, 1.807) is 0 Å². The van der Waals surface area contributed by atoms with E-state index in [-0.39, 0.29) is 18.7 Å². The lowest BCUT2D eigenvalue weighted by atomic mass is 10.1. The van der Waals surface area contributed by atoms with Crippen LogP contribution in [0.2, 0.25) is 0 Å². The molecule has 0 aromatic carbocycles. The summed E-state index contributed by atoms with van der Waals surface area (Å²) in [4.78, 5) is 48.4. The average Bonchev–Trinajstić information content (AvgIpc) is 3.23. The number of nitrogens with one attached hydrogen (secondary N) is 1. The number of carbonyl (C=O) groups excluding carboxylic acids is 2. The van der Waals surface area contributed by atoms with E-state index in [9.17, 15) is 28.2 Å². The summed E-state index contributed by atoms with van der Waals surface area (Å²) in [5.74, 6) is -1.63. The maximum Gasteiger partial charge on any atom is 0.475 e. The van der Waals surface area contributed by atoms with Gasteiger partial charge in [-0.25, -0.2) is 23.1 Å². The Balaban J connectivity index is 1.57. The van der Waals surface area contributed by atoms with Crippen molar-refractivity contribution < 1.29 is 46.7 Å². The number of esters is 2. The van der Waals surface area contributed by atoms with E-state index < -0.39 is 64.0 Å². The van der Waals surface area contributed by atoms with Gasteiger partial charge in [0.05, 0.1) is 19.1 Å². The Bertz CT molecular complexity index is 997. The van der Waals surface area contributed by atoms with E-state index in [0.29, 0.717) is 6.54 Å². The normalized spacial score (nSPS) is 20.7. The zero-order valence-electron chi connectivity index (χ0n) is 21.3. The minimum Gasteiger partial charge on any atom is -0.454 e. The van der Waals surface area contributed by atoms with Crippen molar-refractivity contribution in [1.82, 2.24) is 14.9 Å². The third-order valence-corrected chi connectivity index (χ3v) is 6.34. The molecule has 1 fully saturated rings. The molecule has 2 rings (SSSR count). The highest BCUT2D eigenvalue weighted by Gasteiger charge is 2.38. The van der Waals surface area contributed by atoms with E-state index in [4.69, 9.17) is 19.7 Å². The van der Waals surface area contributed by atoms with Crippen LogP contribution in [0.5, 0.6) is 0 Å². The molecule has 14 nitrogen and oxygen atoms in total. The van der Waals surface area contributed by atoms with Gasteiger partial charge in [-0.15, -0.1) is 0 Å². The maximum atomic E-state index is 14.3. The number of nitrogens with two attached hydrogens (primary N) is 1. The summed E-state index contributed by atoms with van der Waals surface area (Å²) < 4.78 is 51.3. The standard InChI is InChI=1S/C22H36FN4O10P/c1-2-3-4-5-6-9-25-10-7-19(28)33-14-20(29)34-15-36-38(31,32)35-13-16-12-17(23)21(37-16)27-11-8-18(24)26-22(27)30/h8,11,16-17,21,25H,2-7,9-10,12-15H2,1H3,(H,31,32)(H2,24,26,30)/t16-,17-,21+/m0/s1. The quantitative estimate of drug-likeness (QED) is 0.101. The lowest BCUT2D eigenvalue weighted by molar-refractivity contribution is -0.163. The number of alkyl halides is 1. The van der Waals surface area contributed by atoms with Crippen LogP contribution in [0.1, 0.15) is 58.1 Å². The third kappa shape index (κ3) is 12.0. The Hall–Kier alpha value is -2.42. The van der Waals surface area contributed by atoms with E-state index in [1.807, 2.05) is 0 Å². The number of nitrogen functional groups attached to an aromatic ring is 1. The number of phosphoric ester groups is 1. The highest BCUT2D eigenvalue weighted by Crippen LogP contribution is 2.44. The van der Waals surface area contributed by atoms with Crippen molar-refractivity contribution in [3.05, 3.63) is 22.7 Å². The number of carbonyl (C=O) groups is 2. The van der Waals surface area contributed by atoms with Crippen molar-refractivity contribution in [1.29, 1.82) is 0 Å². The van der Waals surface area contributed by atoms with Gasteiger partial charge in [0, 0.05) is 19.2 Å². The Labute approximate surface area is 219 Å². The van der Waals surface area contributed by atoms with Gasteiger partial charge in [0.2, 0.25) is 6.79 Å². The molecule has 0 saturated carbocycles.